The van der Waals surface area contributed by atoms with Crippen LogP contribution in [0.3, 0.4) is 0 Å². The van der Waals surface area contributed by atoms with E-state index in [9.17, 15) is 44.0 Å². The highest BCUT2D eigenvalue weighted by atomic mass is 31.2. The largest absolute Gasteiger partial charge is 0.472 e. The van der Waals surface area contributed by atoms with Gasteiger partial charge in [-0.2, -0.15) is 0 Å². The highest BCUT2D eigenvalue weighted by Crippen LogP contribution is 2.49. The van der Waals surface area contributed by atoms with Crippen molar-refractivity contribution in [2.24, 2.45) is 0 Å². The van der Waals surface area contributed by atoms with Crippen molar-refractivity contribution in [2.75, 3.05) is 13.2 Å². The first-order chi connectivity index (χ1) is 27.6. The van der Waals surface area contributed by atoms with Gasteiger partial charge in [-0.15, -0.1) is 6.42 Å². The second-order valence-electron chi connectivity index (χ2n) is 12.7. The Morgan fingerprint density at radius 2 is 1.05 bits per heavy atom. The number of hydrogen-bond donors (Lipinski definition) is 7. The zero-order valence-corrected chi connectivity index (χ0v) is 33.9. The highest BCUT2D eigenvalue weighted by Gasteiger charge is 2.54. The number of ether oxygens (including phenoxy) is 2. The van der Waals surface area contributed by atoms with Gasteiger partial charge in [0.15, 0.2) is 6.10 Å². The van der Waals surface area contributed by atoms with Crippen molar-refractivity contribution in [3.63, 3.8) is 0 Å². The summed E-state index contributed by atoms with van der Waals surface area (Å²) >= 11 is 0. The third-order valence-corrected chi connectivity index (χ3v) is 9.53. The highest BCUT2D eigenvalue weighted by molar-refractivity contribution is 7.47. The van der Waals surface area contributed by atoms with E-state index in [-0.39, 0.29) is 6.42 Å². The molecule has 0 aromatic carbocycles. The second kappa shape index (κ2) is 30.0. The van der Waals surface area contributed by atoms with Crippen molar-refractivity contribution in [1.82, 2.24) is 0 Å². The zero-order valence-electron chi connectivity index (χ0n) is 32.1. The molecule has 58 heavy (non-hydrogen) atoms. The van der Waals surface area contributed by atoms with Gasteiger partial charge in [0, 0.05) is 12.3 Å². The quantitative estimate of drug-likeness (QED) is 0.0241. The molecule has 0 heterocycles. The van der Waals surface area contributed by atoms with E-state index in [1.807, 2.05) is 5.92 Å². The number of esters is 2. The van der Waals surface area contributed by atoms with Gasteiger partial charge in [-0.25, -0.2) is 13.9 Å². The Labute approximate surface area is 340 Å². The van der Waals surface area contributed by atoms with E-state index in [0.29, 0.717) is 6.42 Å². The molecule has 8 atom stereocenters. The van der Waals surface area contributed by atoms with E-state index in [4.69, 9.17) is 34.7 Å². The molecule has 0 saturated heterocycles. The molecule has 1 aliphatic rings. The summed E-state index contributed by atoms with van der Waals surface area (Å²) in [6.07, 6.45) is 3.80. The van der Waals surface area contributed by atoms with Crippen LogP contribution in [0.1, 0.15) is 96.8 Å². The van der Waals surface area contributed by atoms with Crippen LogP contribution in [0.2, 0.25) is 0 Å². The van der Waals surface area contributed by atoms with Crippen LogP contribution in [-0.2, 0) is 41.8 Å². The van der Waals surface area contributed by atoms with Gasteiger partial charge in [0.05, 0.1) is 6.61 Å². The van der Waals surface area contributed by atoms with Crippen molar-refractivity contribution < 1.29 is 76.9 Å². The average molecular weight is 849 g/mol. The fourth-order valence-electron chi connectivity index (χ4n) is 5.20. The molecule has 18 heteroatoms. The first kappa shape index (κ1) is 51.9. The smallest absolute Gasteiger partial charge is 0.456 e. The minimum absolute atomic E-state index is 0.0373. The lowest BCUT2D eigenvalue weighted by Gasteiger charge is -2.43. The number of terminal acetylenes is 1. The number of unbranched alkanes of at least 4 members (excludes halogenated alkanes) is 12. The van der Waals surface area contributed by atoms with Crippen LogP contribution in [0.25, 0.3) is 0 Å². The molecule has 0 amide bonds. The van der Waals surface area contributed by atoms with Crippen LogP contribution in [0, 0.1) is 83.4 Å². The predicted molar refractivity (Wildman–Crippen MR) is 208 cm³/mol. The first-order valence-electron chi connectivity index (χ1n) is 18.6. The average Bonchev–Trinajstić information content (AvgIpc) is 3.17. The van der Waals surface area contributed by atoms with Gasteiger partial charge < -0.3 is 44.6 Å². The fraction of sp³-hybridized carbons (Fsp3) is 0.600. The summed E-state index contributed by atoms with van der Waals surface area (Å²) in [6, 6.07) is 0. The number of hydrogen-bond acceptors (Lipinski definition) is 13. The van der Waals surface area contributed by atoms with E-state index < -0.39 is 83.5 Å². The maximum Gasteiger partial charge on any atom is 0.472 e. The Bertz CT molecular complexity index is 1830. The van der Waals surface area contributed by atoms with Gasteiger partial charge in [-0.3, -0.25) is 18.4 Å². The molecule has 1 fully saturated rings. The summed E-state index contributed by atoms with van der Waals surface area (Å²) in [5.74, 6) is 27.9. The SMILES string of the molecule is C#CC#CC#CC#CC#CC#CC#CC(=O)OC[C@H](COP(=O)(O)OC1C(O)[C@@H](OP(=O)(O)O)C(O)[C@@H](O)[C@H]1O)OC(=O)CCCCCCCCCCCCCCC. The Hall–Kier alpha value is -4.08. The molecule has 1 aliphatic carbocycles. The standard InChI is InChI=1S/C40H50O16P2/c1-3-5-7-9-11-13-15-17-19-21-23-25-27-29-34(42)54-32(30-52-33(41)28-26-24-22-20-18-16-14-12-10-8-6-4-2)31-53-58(50,51)56-40-37(45)35(43)36(44)39(38(40)46)55-57(47,48)49/h2,32,35-40,43-46H,3,5,7,9,11,13,15,17,19,21,23,25,27,29-31H2,1H3,(H,50,51)(H2,47,48,49)/t32-,35-,36?,37-,38?,39+,40?/m1/s1. The number of carbonyl (C=O) groups is 2. The minimum Gasteiger partial charge on any atom is -0.456 e. The van der Waals surface area contributed by atoms with Gasteiger partial charge in [-0.1, -0.05) is 84.0 Å². The lowest BCUT2D eigenvalue weighted by Crippen LogP contribution is -2.64. The number of aliphatic hydroxyl groups excluding tert-OH is 4. The fourth-order valence-corrected chi connectivity index (χ4v) is 6.74. The summed E-state index contributed by atoms with van der Waals surface area (Å²) in [7, 11) is -10.8. The van der Waals surface area contributed by atoms with Crippen molar-refractivity contribution in [2.45, 2.75) is 140 Å². The number of aliphatic hydroxyl groups is 4. The third kappa shape index (κ3) is 24.6. The number of rotatable bonds is 24. The van der Waals surface area contributed by atoms with E-state index in [1.165, 1.54) is 44.9 Å². The predicted octanol–water partition coefficient (Wildman–Crippen LogP) is 2.01. The van der Waals surface area contributed by atoms with Crippen LogP contribution in [0.4, 0.5) is 0 Å². The van der Waals surface area contributed by atoms with Crippen molar-refractivity contribution in [3.8, 4) is 83.4 Å². The normalized spacial score (nSPS) is 20.9. The van der Waals surface area contributed by atoms with Crippen LogP contribution in [0.5, 0.6) is 0 Å². The van der Waals surface area contributed by atoms with Gasteiger partial charge in [0.25, 0.3) is 0 Å². The Kier molecular flexibility index (Phi) is 26.9. The molecule has 4 unspecified atom stereocenters. The van der Waals surface area contributed by atoms with E-state index in [2.05, 4.69) is 82.5 Å². The molecule has 0 bridgehead atoms. The maximum atomic E-state index is 12.9. The van der Waals surface area contributed by atoms with Gasteiger partial charge in [0.1, 0.15) is 43.2 Å². The Morgan fingerprint density at radius 3 is 1.53 bits per heavy atom. The summed E-state index contributed by atoms with van der Waals surface area (Å²) in [4.78, 5) is 53.5. The molecular formula is C40H50O16P2. The summed E-state index contributed by atoms with van der Waals surface area (Å²) in [6.45, 7) is 0.506. The lowest BCUT2D eigenvalue weighted by atomic mass is 9.85. The monoisotopic (exact) mass is 848 g/mol. The third-order valence-electron chi connectivity index (χ3n) is 8.03. The summed E-state index contributed by atoms with van der Waals surface area (Å²) in [5, 5.41) is 40.9. The Balaban J connectivity index is 2.83. The molecule has 0 aliphatic heterocycles. The Morgan fingerprint density at radius 1 is 0.603 bits per heavy atom. The molecular weight excluding hydrogens is 798 g/mol. The molecule has 0 radical (unpaired) electrons. The van der Waals surface area contributed by atoms with E-state index in [1.54, 1.807) is 0 Å². The van der Waals surface area contributed by atoms with Gasteiger partial charge in [0.2, 0.25) is 0 Å². The van der Waals surface area contributed by atoms with Crippen LogP contribution in [-0.4, -0.2) is 103 Å². The molecule has 1 saturated carbocycles. The molecule has 0 aromatic heterocycles. The summed E-state index contributed by atoms with van der Waals surface area (Å²) < 4.78 is 48.4. The van der Waals surface area contributed by atoms with Crippen LogP contribution < -0.4 is 0 Å². The molecule has 316 valence electrons. The molecule has 1 rings (SSSR count). The molecule has 7 N–H and O–H groups in total. The lowest BCUT2D eigenvalue weighted by molar-refractivity contribution is -0.216. The number of phosphoric ester groups is 2. The van der Waals surface area contributed by atoms with E-state index >= 15 is 0 Å². The van der Waals surface area contributed by atoms with Crippen LogP contribution >= 0.6 is 15.6 Å². The molecule has 0 aromatic rings. The minimum atomic E-state index is -5.39. The summed E-state index contributed by atoms with van der Waals surface area (Å²) in [5.41, 5.74) is 0. The topological polar surface area (TPSA) is 256 Å². The van der Waals surface area contributed by atoms with Crippen molar-refractivity contribution >= 4 is 27.6 Å². The zero-order chi connectivity index (χ0) is 43.2. The number of carbonyl (C=O) groups excluding carboxylic acids is 2. The van der Waals surface area contributed by atoms with Crippen LogP contribution in [0.15, 0.2) is 0 Å². The molecule has 16 nitrogen and oxygen atoms in total. The number of phosphoric acid groups is 2. The maximum absolute atomic E-state index is 12.9. The van der Waals surface area contributed by atoms with Crippen molar-refractivity contribution in [3.05, 3.63) is 0 Å². The van der Waals surface area contributed by atoms with Gasteiger partial charge in [-0.05, 0) is 77.5 Å². The van der Waals surface area contributed by atoms with Crippen molar-refractivity contribution in [1.29, 1.82) is 0 Å². The first-order valence-corrected chi connectivity index (χ1v) is 21.6. The van der Waals surface area contributed by atoms with Gasteiger partial charge >= 0.3 is 27.6 Å². The second-order valence-corrected chi connectivity index (χ2v) is 15.3. The molecule has 0 spiro atoms. The van der Waals surface area contributed by atoms with E-state index in [0.717, 1.165) is 32.1 Å².